The van der Waals surface area contributed by atoms with E-state index in [2.05, 4.69) is 47.5 Å². The molecule has 162 valence electrons. The van der Waals surface area contributed by atoms with Gasteiger partial charge in [0.05, 0.1) is 0 Å². The van der Waals surface area contributed by atoms with Gasteiger partial charge in [-0.25, -0.2) is 4.79 Å². The molecule has 2 aliphatic rings. The van der Waals surface area contributed by atoms with E-state index in [0.717, 1.165) is 25.9 Å². The molecule has 1 aliphatic carbocycles. The molecular weight excluding hydrogens is 384 g/mol. The van der Waals surface area contributed by atoms with Crippen molar-refractivity contribution in [2.24, 2.45) is 5.92 Å². The van der Waals surface area contributed by atoms with Crippen LogP contribution in [0.4, 0.5) is 4.79 Å². The summed E-state index contributed by atoms with van der Waals surface area (Å²) in [5.74, 6) is 0.633. The van der Waals surface area contributed by atoms with E-state index in [1.54, 1.807) is 0 Å². The molecule has 1 aromatic carbocycles. The van der Waals surface area contributed by atoms with Gasteiger partial charge < -0.3 is 15.0 Å². The molecule has 0 aromatic heterocycles. The van der Waals surface area contributed by atoms with Crippen molar-refractivity contribution in [2.75, 3.05) is 13.1 Å². The Morgan fingerprint density at radius 3 is 2.59 bits per heavy atom. The average molecular weight is 421 g/mol. The normalized spacial score (nSPS) is 24.6. The predicted octanol–water partition coefficient (Wildman–Crippen LogP) is 5.67. The lowest BCUT2D eigenvalue weighted by atomic mass is 9.85. The number of rotatable bonds is 5. The van der Waals surface area contributed by atoms with Crippen LogP contribution in [0.2, 0.25) is 0 Å². The van der Waals surface area contributed by atoms with Crippen molar-refractivity contribution >= 4 is 24.6 Å². The highest BCUT2D eigenvalue weighted by Gasteiger charge is 2.45. The predicted molar refractivity (Wildman–Crippen MR) is 122 cm³/mol. The lowest BCUT2D eigenvalue weighted by Crippen LogP contribution is -2.48. The first kappa shape index (κ1) is 23.8. The third-order valence-electron chi connectivity index (χ3n) is 5.80. The molecule has 5 heteroatoms. The highest BCUT2D eigenvalue weighted by Crippen LogP contribution is 2.40. The fourth-order valence-corrected chi connectivity index (χ4v) is 4.66. The van der Waals surface area contributed by atoms with Crippen molar-refractivity contribution in [3.8, 4) is 0 Å². The number of nitrogens with zero attached hydrogens (tertiary/aromatic N) is 1. The summed E-state index contributed by atoms with van der Waals surface area (Å²) >= 11 is 0. The molecule has 1 N–H and O–H groups in total. The maximum Gasteiger partial charge on any atom is 0.410 e. The summed E-state index contributed by atoms with van der Waals surface area (Å²) in [5.41, 5.74) is 2.08. The summed E-state index contributed by atoms with van der Waals surface area (Å²) in [5, 5.41) is 3.59. The minimum atomic E-state index is -0.448. The van der Waals surface area contributed by atoms with Crippen LogP contribution in [0, 0.1) is 5.92 Å². The quantitative estimate of drug-likeness (QED) is 0.667. The zero-order valence-electron chi connectivity index (χ0n) is 18.3. The monoisotopic (exact) mass is 420 g/mol. The van der Waals surface area contributed by atoms with E-state index in [1.807, 2.05) is 26.8 Å². The molecule has 0 radical (unpaired) electrons. The van der Waals surface area contributed by atoms with Crippen molar-refractivity contribution in [1.82, 2.24) is 10.2 Å². The molecule has 3 atom stereocenters. The summed E-state index contributed by atoms with van der Waals surface area (Å²) in [6.45, 7) is 9.66. The number of hydrogen-bond acceptors (Lipinski definition) is 3. The van der Waals surface area contributed by atoms with Gasteiger partial charge in [0.1, 0.15) is 5.60 Å². The van der Waals surface area contributed by atoms with Crippen LogP contribution < -0.4 is 5.32 Å². The first-order valence-corrected chi connectivity index (χ1v) is 10.8. The summed E-state index contributed by atoms with van der Waals surface area (Å²) < 4.78 is 5.76. The van der Waals surface area contributed by atoms with E-state index < -0.39 is 5.60 Å². The standard InChI is InChI=1S/C24H36N2O2.ClH/c1-18(14-19-10-6-5-7-11-19)16-25-17-21-15-20-12-8-9-13-22(20)26(21)23(27)28-24(2,3)4;/h5-7,10-11,14,20-22,25H,8-9,12-13,15-17H2,1-4H3;1H/t20?,21-,22?;/m0./s1. The Labute approximate surface area is 182 Å². The van der Waals surface area contributed by atoms with Crippen molar-refractivity contribution < 1.29 is 9.53 Å². The zero-order chi connectivity index (χ0) is 20.1. The molecule has 29 heavy (non-hydrogen) atoms. The van der Waals surface area contributed by atoms with Crippen molar-refractivity contribution in [1.29, 1.82) is 0 Å². The number of carbonyl (C=O) groups excluding carboxylic acids is 1. The minimum absolute atomic E-state index is 0. The Bertz CT molecular complexity index is 684. The molecular formula is C24H37ClN2O2. The molecule has 2 fully saturated rings. The number of benzene rings is 1. The Balaban J connectivity index is 0.00000300. The number of halogens is 1. The second kappa shape index (κ2) is 10.5. The second-order valence-electron chi connectivity index (χ2n) is 9.42. The van der Waals surface area contributed by atoms with E-state index >= 15 is 0 Å². The number of fused-ring (bicyclic) bond motifs is 1. The van der Waals surface area contributed by atoms with Crippen molar-refractivity contribution in [3.05, 3.63) is 41.5 Å². The summed E-state index contributed by atoms with van der Waals surface area (Å²) in [6, 6.07) is 11.0. The van der Waals surface area contributed by atoms with Crippen LogP contribution in [-0.2, 0) is 4.74 Å². The molecule has 1 heterocycles. The Kier molecular flexibility index (Phi) is 8.59. The number of ether oxygens (including phenoxy) is 1. The van der Waals surface area contributed by atoms with Crippen LogP contribution in [-0.4, -0.2) is 41.8 Å². The summed E-state index contributed by atoms with van der Waals surface area (Å²) in [6.07, 6.45) is 8.05. The maximum atomic E-state index is 12.9. The summed E-state index contributed by atoms with van der Waals surface area (Å²) in [4.78, 5) is 15.0. The van der Waals surface area contributed by atoms with Gasteiger partial charge in [-0.3, -0.25) is 0 Å². The first-order chi connectivity index (χ1) is 13.3. The van der Waals surface area contributed by atoms with Gasteiger partial charge in [-0.15, -0.1) is 12.4 Å². The number of amides is 1. The minimum Gasteiger partial charge on any atom is -0.444 e. The van der Waals surface area contributed by atoms with Crippen LogP contribution >= 0.6 is 12.4 Å². The number of carbonyl (C=O) groups is 1. The van der Waals surface area contributed by atoms with Crippen molar-refractivity contribution in [3.63, 3.8) is 0 Å². The molecule has 0 spiro atoms. The van der Waals surface area contributed by atoms with Gasteiger partial charge in [0.25, 0.3) is 0 Å². The highest BCUT2D eigenvalue weighted by molar-refractivity contribution is 5.85. The maximum absolute atomic E-state index is 12.9. The van der Waals surface area contributed by atoms with Crippen LogP contribution in [0.1, 0.15) is 65.4 Å². The SMILES string of the molecule is CC(=Cc1ccccc1)CNC[C@@H]1CC2CCCCC2N1C(=O)OC(C)(C)C.Cl. The molecule has 0 bridgehead atoms. The Morgan fingerprint density at radius 1 is 1.21 bits per heavy atom. The van der Waals surface area contributed by atoms with Gasteiger partial charge in [0, 0.05) is 25.2 Å². The van der Waals surface area contributed by atoms with Crippen LogP contribution in [0.15, 0.2) is 35.9 Å². The lowest BCUT2D eigenvalue weighted by molar-refractivity contribution is 0.0105. The van der Waals surface area contributed by atoms with Crippen LogP contribution in [0.5, 0.6) is 0 Å². The van der Waals surface area contributed by atoms with Crippen LogP contribution in [0.25, 0.3) is 6.08 Å². The Morgan fingerprint density at radius 2 is 1.90 bits per heavy atom. The number of nitrogens with one attached hydrogen (secondary N) is 1. The summed E-state index contributed by atoms with van der Waals surface area (Å²) in [7, 11) is 0. The Hall–Kier alpha value is -1.52. The topological polar surface area (TPSA) is 41.6 Å². The fraction of sp³-hybridized carbons (Fsp3) is 0.625. The van der Waals surface area contributed by atoms with Gasteiger partial charge in [0.15, 0.2) is 0 Å². The largest absolute Gasteiger partial charge is 0.444 e. The molecule has 1 aliphatic heterocycles. The van der Waals surface area contributed by atoms with Gasteiger partial charge in [-0.05, 0) is 58.4 Å². The van der Waals surface area contributed by atoms with E-state index in [0.29, 0.717) is 12.0 Å². The van der Waals surface area contributed by atoms with Gasteiger partial charge in [-0.2, -0.15) is 0 Å². The molecule has 1 aromatic rings. The molecule has 1 amide bonds. The molecule has 2 unspecified atom stereocenters. The van der Waals surface area contributed by atoms with Crippen LogP contribution in [0.3, 0.4) is 0 Å². The third kappa shape index (κ3) is 6.75. The molecule has 1 saturated carbocycles. The van der Waals surface area contributed by atoms with E-state index in [4.69, 9.17) is 4.74 Å². The molecule has 4 nitrogen and oxygen atoms in total. The van der Waals surface area contributed by atoms with Gasteiger partial charge in [-0.1, -0.05) is 54.8 Å². The van der Waals surface area contributed by atoms with Gasteiger partial charge in [0.2, 0.25) is 0 Å². The zero-order valence-corrected chi connectivity index (χ0v) is 19.1. The van der Waals surface area contributed by atoms with Gasteiger partial charge >= 0.3 is 6.09 Å². The third-order valence-corrected chi connectivity index (χ3v) is 5.80. The first-order valence-electron chi connectivity index (χ1n) is 10.8. The smallest absolute Gasteiger partial charge is 0.410 e. The second-order valence-corrected chi connectivity index (χ2v) is 9.42. The molecule has 1 saturated heterocycles. The van der Waals surface area contributed by atoms with E-state index in [9.17, 15) is 4.79 Å². The molecule has 3 rings (SSSR count). The highest BCUT2D eigenvalue weighted by atomic mass is 35.5. The van der Waals surface area contributed by atoms with E-state index in [-0.39, 0.29) is 24.5 Å². The number of likely N-dealkylation sites (tertiary alicyclic amines) is 1. The van der Waals surface area contributed by atoms with Crippen molar-refractivity contribution in [2.45, 2.75) is 77.5 Å². The number of hydrogen-bond donors (Lipinski definition) is 1. The average Bonchev–Trinajstić information content (AvgIpc) is 2.99. The fourth-order valence-electron chi connectivity index (χ4n) is 4.66. The lowest BCUT2D eigenvalue weighted by Gasteiger charge is -2.35. The van der Waals surface area contributed by atoms with E-state index in [1.165, 1.54) is 30.4 Å².